The average Bonchev–Trinajstić information content (AvgIpc) is 2.45. The van der Waals surface area contributed by atoms with Crippen LogP contribution in [0.2, 0.25) is 0 Å². The van der Waals surface area contributed by atoms with Crippen molar-refractivity contribution in [3.05, 3.63) is 12.2 Å². The van der Waals surface area contributed by atoms with E-state index in [4.69, 9.17) is 0 Å². The van der Waals surface area contributed by atoms with Crippen molar-refractivity contribution in [2.24, 2.45) is 34.0 Å². The molecule has 0 aromatic carbocycles. The van der Waals surface area contributed by atoms with Gasteiger partial charge in [-0.25, -0.2) is 0 Å². The number of ketones is 2. The van der Waals surface area contributed by atoms with Gasteiger partial charge in [0.25, 0.3) is 0 Å². The molecule has 6 atom stereocenters. The zero-order chi connectivity index (χ0) is 16.8. The average molecular weight is 316 g/mol. The van der Waals surface area contributed by atoms with E-state index in [0.29, 0.717) is 24.4 Å². The number of carbonyl (C=O) groups is 2. The molecule has 0 saturated heterocycles. The Bertz CT molecular complexity index is 618. The third-order valence-corrected chi connectivity index (χ3v) is 8.24. The summed E-state index contributed by atoms with van der Waals surface area (Å²) in [5.74, 6) is 0.896. The van der Waals surface area contributed by atoms with Crippen molar-refractivity contribution in [3.63, 3.8) is 0 Å². The predicted octanol–water partition coefficient (Wildman–Crippen LogP) is 3.30. The molecule has 1 N–H and O–H groups in total. The van der Waals surface area contributed by atoms with E-state index in [2.05, 4.69) is 27.4 Å². The third kappa shape index (κ3) is 1.65. The fourth-order valence-electron chi connectivity index (χ4n) is 7.15. The molecular formula is C20H28O3. The van der Waals surface area contributed by atoms with Crippen molar-refractivity contribution in [3.8, 4) is 0 Å². The van der Waals surface area contributed by atoms with Crippen molar-refractivity contribution >= 4 is 11.6 Å². The summed E-state index contributed by atoms with van der Waals surface area (Å²) >= 11 is 0. The maximum absolute atomic E-state index is 12.9. The standard InChI is InChI=1S/C20H28O3/c1-11-10-20-8-5-13-18(2,3)14(21)6-7-19(13,4)17(20)16(23)12(11)9-15(20)22/h12-13,16-17,23H,1,5-10H2,2-4H3/t12?,13-,16?,17+,19-,20-/m1/s1. The molecule has 0 aromatic rings. The van der Waals surface area contributed by atoms with Crippen LogP contribution in [0.15, 0.2) is 12.2 Å². The Morgan fingerprint density at radius 1 is 1.13 bits per heavy atom. The molecule has 0 radical (unpaired) electrons. The van der Waals surface area contributed by atoms with E-state index in [-0.39, 0.29) is 28.6 Å². The first-order valence-corrected chi connectivity index (χ1v) is 9.07. The molecule has 3 heteroatoms. The second-order valence-corrected chi connectivity index (χ2v) is 9.44. The second-order valence-electron chi connectivity index (χ2n) is 9.44. The summed E-state index contributed by atoms with van der Waals surface area (Å²) in [4.78, 5) is 25.4. The van der Waals surface area contributed by atoms with Gasteiger partial charge in [0.2, 0.25) is 0 Å². The Hall–Kier alpha value is -0.960. The smallest absolute Gasteiger partial charge is 0.140 e. The Morgan fingerprint density at radius 2 is 1.83 bits per heavy atom. The van der Waals surface area contributed by atoms with Gasteiger partial charge in [0.15, 0.2) is 0 Å². The molecule has 0 aromatic heterocycles. The summed E-state index contributed by atoms with van der Waals surface area (Å²) in [6.45, 7) is 10.6. The van der Waals surface area contributed by atoms with Gasteiger partial charge in [0.1, 0.15) is 11.6 Å². The highest BCUT2D eigenvalue weighted by molar-refractivity contribution is 5.90. The maximum atomic E-state index is 12.9. The fourth-order valence-corrected chi connectivity index (χ4v) is 7.15. The number of aliphatic hydroxyl groups is 1. The Labute approximate surface area is 138 Å². The summed E-state index contributed by atoms with van der Waals surface area (Å²) in [7, 11) is 0. The molecule has 2 bridgehead atoms. The lowest BCUT2D eigenvalue weighted by molar-refractivity contribution is -0.209. The number of hydrogen-bond donors (Lipinski definition) is 1. The Morgan fingerprint density at radius 3 is 2.52 bits per heavy atom. The summed E-state index contributed by atoms with van der Waals surface area (Å²) in [5, 5.41) is 11.1. The van der Waals surface area contributed by atoms with E-state index < -0.39 is 11.5 Å². The van der Waals surface area contributed by atoms with Gasteiger partial charge >= 0.3 is 0 Å². The van der Waals surface area contributed by atoms with Gasteiger partial charge in [0, 0.05) is 35.5 Å². The zero-order valence-corrected chi connectivity index (χ0v) is 14.5. The van der Waals surface area contributed by atoms with Crippen LogP contribution < -0.4 is 0 Å². The number of carbonyl (C=O) groups excluding carboxylic acids is 2. The van der Waals surface area contributed by atoms with Crippen molar-refractivity contribution in [2.75, 3.05) is 0 Å². The highest BCUT2D eigenvalue weighted by atomic mass is 16.3. The van der Waals surface area contributed by atoms with Crippen LogP contribution >= 0.6 is 0 Å². The Balaban J connectivity index is 1.85. The van der Waals surface area contributed by atoms with Crippen LogP contribution in [-0.4, -0.2) is 22.8 Å². The van der Waals surface area contributed by atoms with Crippen LogP contribution in [0.3, 0.4) is 0 Å². The monoisotopic (exact) mass is 316 g/mol. The molecule has 1 spiro atoms. The lowest BCUT2D eigenvalue weighted by Crippen LogP contribution is -2.68. The van der Waals surface area contributed by atoms with Crippen molar-refractivity contribution in [2.45, 2.75) is 65.4 Å². The van der Waals surface area contributed by atoms with E-state index in [1.807, 2.05) is 0 Å². The van der Waals surface area contributed by atoms with Gasteiger partial charge < -0.3 is 5.11 Å². The minimum atomic E-state index is -0.467. The molecule has 5 rings (SSSR count). The van der Waals surface area contributed by atoms with E-state index in [1.54, 1.807) is 0 Å². The van der Waals surface area contributed by atoms with Gasteiger partial charge in [-0.15, -0.1) is 0 Å². The number of aliphatic hydroxyl groups excluding tert-OH is 1. The lowest BCUT2D eigenvalue weighted by Gasteiger charge is -2.67. The van der Waals surface area contributed by atoms with Crippen molar-refractivity contribution in [1.29, 1.82) is 0 Å². The summed E-state index contributed by atoms with van der Waals surface area (Å²) < 4.78 is 0. The van der Waals surface area contributed by atoms with Gasteiger partial charge in [-0.05, 0) is 37.0 Å². The van der Waals surface area contributed by atoms with Gasteiger partial charge in [0.05, 0.1) is 6.10 Å². The van der Waals surface area contributed by atoms with Gasteiger partial charge in [-0.2, -0.15) is 0 Å². The molecule has 23 heavy (non-hydrogen) atoms. The molecule has 0 aliphatic heterocycles. The molecule has 0 heterocycles. The highest BCUT2D eigenvalue weighted by Gasteiger charge is 2.69. The molecule has 2 unspecified atom stereocenters. The SMILES string of the molecule is C=C1C[C@@]23CC[C@@H]4C(C)(C)C(=O)CC[C@@]4(C)[C@@H]2C(O)C1CC3=O. The molecular weight excluding hydrogens is 288 g/mol. The number of hydrogen-bond acceptors (Lipinski definition) is 3. The first-order chi connectivity index (χ1) is 10.6. The summed E-state index contributed by atoms with van der Waals surface area (Å²) in [5.41, 5.74) is 0.198. The lowest BCUT2D eigenvalue weighted by atomic mass is 9.36. The van der Waals surface area contributed by atoms with Crippen LogP contribution in [-0.2, 0) is 9.59 Å². The van der Waals surface area contributed by atoms with Crippen LogP contribution in [0.25, 0.3) is 0 Å². The van der Waals surface area contributed by atoms with Crippen LogP contribution in [0.1, 0.15) is 59.3 Å². The molecule has 0 amide bonds. The normalized spacial score (nSPS) is 51.4. The first-order valence-electron chi connectivity index (χ1n) is 9.07. The van der Waals surface area contributed by atoms with E-state index in [0.717, 1.165) is 31.3 Å². The number of rotatable bonds is 0. The van der Waals surface area contributed by atoms with Crippen molar-refractivity contribution < 1.29 is 14.7 Å². The Kier molecular flexibility index (Phi) is 2.95. The van der Waals surface area contributed by atoms with Crippen molar-refractivity contribution in [1.82, 2.24) is 0 Å². The first kappa shape index (κ1) is 15.6. The van der Waals surface area contributed by atoms with Gasteiger partial charge in [-0.3, -0.25) is 9.59 Å². The van der Waals surface area contributed by atoms with E-state index in [9.17, 15) is 14.7 Å². The molecule has 3 nitrogen and oxygen atoms in total. The van der Waals surface area contributed by atoms with E-state index in [1.165, 1.54) is 0 Å². The quantitative estimate of drug-likeness (QED) is 0.698. The number of Topliss-reactive ketones (excluding diaryl/α,β-unsaturated/α-hetero) is 2. The summed E-state index contributed by atoms with van der Waals surface area (Å²) in [6.07, 6.45) is 3.90. The minimum absolute atomic E-state index is 0.00197. The van der Waals surface area contributed by atoms with Crippen LogP contribution in [0.4, 0.5) is 0 Å². The van der Waals surface area contributed by atoms with Crippen LogP contribution in [0.5, 0.6) is 0 Å². The zero-order valence-electron chi connectivity index (χ0n) is 14.5. The highest BCUT2D eigenvalue weighted by Crippen LogP contribution is 2.70. The predicted molar refractivity (Wildman–Crippen MR) is 87.7 cm³/mol. The summed E-state index contributed by atoms with van der Waals surface area (Å²) in [6, 6.07) is 0. The molecule has 5 fully saturated rings. The molecule has 126 valence electrons. The molecule has 5 saturated carbocycles. The second kappa shape index (κ2) is 4.36. The fraction of sp³-hybridized carbons (Fsp3) is 0.800. The number of fused-ring (bicyclic) bond motifs is 3. The molecule has 5 aliphatic carbocycles. The largest absolute Gasteiger partial charge is 0.392 e. The minimum Gasteiger partial charge on any atom is -0.392 e. The van der Waals surface area contributed by atoms with Gasteiger partial charge in [-0.1, -0.05) is 32.9 Å². The molecule has 5 aliphatic rings. The third-order valence-electron chi connectivity index (χ3n) is 8.24. The van der Waals surface area contributed by atoms with E-state index >= 15 is 0 Å². The van der Waals surface area contributed by atoms with Crippen LogP contribution in [0, 0.1) is 34.0 Å². The maximum Gasteiger partial charge on any atom is 0.140 e. The topological polar surface area (TPSA) is 54.4 Å².